The monoisotopic (exact) mass is 363 g/mol. The van der Waals surface area contributed by atoms with Gasteiger partial charge in [0.2, 0.25) is 5.78 Å². The number of nitrogens with zero attached hydrogens (tertiary/aromatic N) is 1. The molecule has 0 unspecified atom stereocenters. The van der Waals surface area contributed by atoms with Crippen LogP contribution in [0.15, 0.2) is 53.6 Å². The molecule has 2 rings (SSSR count). The number of para-hydroxylation sites is 1. The van der Waals surface area contributed by atoms with E-state index in [1.54, 1.807) is 18.2 Å². The molecule has 0 saturated heterocycles. The van der Waals surface area contributed by atoms with Gasteiger partial charge in [-0.3, -0.25) is 10.2 Å². The van der Waals surface area contributed by atoms with Crippen molar-refractivity contribution in [3.05, 3.63) is 58.6 Å². The molecular formula is C18H19Cl2N3O. The van der Waals surface area contributed by atoms with Crippen LogP contribution in [0.25, 0.3) is 0 Å². The van der Waals surface area contributed by atoms with E-state index < -0.39 is 5.41 Å². The van der Waals surface area contributed by atoms with Gasteiger partial charge in [0.05, 0.1) is 5.69 Å². The lowest BCUT2D eigenvalue weighted by molar-refractivity contribution is -0.119. The summed E-state index contributed by atoms with van der Waals surface area (Å²) in [6.45, 7) is 5.50. The Kier molecular flexibility index (Phi) is 5.86. The predicted molar refractivity (Wildman–Crippen MR) is 102 cm³/mol. The van der Waals surface area contributed by atoms with Crippen LogP contribution in [0.1, 0.15) is 20.8 Å². The van der Waals surface area contributed by atoms with E-state index in [0.717, 1.165) is 5.69 Å². The molecule has 0 aliphatic rings. The minimum Gasteiger partial charge on any atom is -0.336 e. The van der Waals surface area contributed by atoms with E-state index >= 15 is 0 Å². The predicted octanol–water partition coefficient (Wildman–Crippen LogP) is 5.45. The summed E-state index contributed by atoms with van der Waals surface area (Å²) >= 11 is 12.0. The minimum absolute atomic E-state index is 0.137. The second kappa shape index (κ2) is 7.69. The minimum atomic E-state index is -0.591. The number of hydrogen-bond acceptors (Lipinski definition) is 3. The quantitative estimate of drug-likeness (QED) is 0.431. The summed E-state index contributed by atoms with van der Waals surface area (Å²) < 4.78 is 0. The Balaban J connectivity index is 2.30. The van der Waals surface area contributed by atoms with E-state index in [0.29, 0.717) is 15.7 Å². The van der Waals surface area contributed by atoms with Gasteiger partial charge in [0, 0.05) is 21.1 Å². The average molecular weight is 364 g/mol. The van der Waals surface area contributed by atoms with Crippen LogP contribution in [0.3, 0.4) is 0 Å². The first-order valence-corrected chi connectivity index (χ1v) is 8.18. The van der Waals surface area contributed by atoms with Crippen molar-refractivity contribution in [1.29, 1.82) is 0 Å². The molecule has 2 N–H and O–H groups in total. The van der Waals surface area contributed by atoms with Crippen LogP contribution >= 0.6 is 23.2 Å². The summed E-state index contributed by atoms with van der Waals surface area (Å²) in [5, 5.41) is 8.19. The van der Waals surface area contributed by atoms with Gasteiger partial charge >= 0.3 is 0 Å². The molecular weight excluding hydrogens is 345 g/mol. The maximum Gasteiger partial charge on any atom is 0.205 e. The number of hydrazone groups is 1. The first kappa shape index (κ1) is 18.3. The molecule has 126 valence electrons. The average Bonchev–Trinajstić information content (AvgIpc) is 2.50. The highest BCUT2D eigenvalue weighted by Gasteiger charge is 2.27. The summed E-state index contributed by atoms with van der Waals surface area (Å²) in [6, 6.07) is 14.4. The maximum atomic E-state index is 12.7. The smallest absolute Gasteiger partial charge is 0.205 e. The topological polar surface area (TPSA) is 53.5 Å². The Bertz CT molecular complexity index is 732. The number of carbonyl (C=O) groups is 1. The summed E-state index contributed by atoms with van der Waals surface area (Å²) in [5.41, 5.74) is 3.67. The SMILES string of the molecule is CC(C)(C)C(=O)/C(=N\Nc1ccccc1)Nc1cc(Cl)cc(Cl)c1. The second-order valence-electron chi connectivity index (χ2n) is 6.30. The number of ketones is 1. The molecule has 0 saturated carbocycles. The largest absolute Gasteiger partial charge is 0.336 e. The highest BCUT2D eigenvalue weighted by Crippen LogP contribution is 2.24. The Hall–Kier alpha value is -2.04. The highest BCUT2D eigenvalue weighted by molar-refractivity contribution is 6.45. The molecule has 0 bridgehead atoms. The van der Waals surface area contributed by atoms with E-state index in [2.05, 4.69) is 15.8 Å². The molecule has 0 aliphatic carbocycles. The first-order valence-electron chi connectivity index (χ1n) is 7.42. The zero-order chi connectivity index (χ0) is 17.7. The van der Waals surface area contributed by atoms with E-state index in [1.165, 1.54) is 0 Å². The molecule has 4 nitrogen and oxygen atoms in total. The lowest BCUT2D eigenvalue weighted by atomic mass is 9.90. The van der Waals surface area contributed by atoms with Crippen LogP contribution in [-0.2, 0) is 4.79 Å². The molecule has 2 aromatic carbocycles. The maximum absolute atomic E-state index is 12.7. The number of halogens is 2. The van der Waals surface area contributed by atoms with Gasteiger partial charge < -0.3 is 5.32 Å². The molecule has 0 aliphatic heterocycles. The molecule has 0 heterocycles. The Morgan fingerprint density at radius 1 is 0.958 bits per heavy atom. The third-order valence-electron chi connectivity index (χ3n) is 3.09. The first-order chi connectivity index (χ1) is 11.3. The number of rotatable bonds is 4. The van der Waals surface area contributed by atoms with Crippen molar-refractivity contribution in [2.45, 2.75) is 20.8 Å². The van der Waals surface area contributed by atoms with Crippen molar-refractivity contribution in [3.63, 3.8) is 0 Å². The van der Waals surface area contributed by atoms with Crippen molar-refractivity contribution in [2.75, 3.05) is 10.7 Å². The number of carbonyl (C=O) groups excluding carboxylic acids is 1. The van der Waals surface area contributed by atoms with E-state index in [-0.39, 0.29) is 11.6 Å². The van der Waals surface area contributed by atoms with Crippen LogP contribution in [0.5, 0.6) is 0 Å². The van der Waals surface area contributed by atoms with Gasteiger partial charge in [-0.1, -0.05) is 62.2 Å². The lowest BCUT2D eigenvalue weighted by Gasteiger charge is -2.19. The fourth-order valence-electron chi connectivity index (χ4n) is 1.89. The normalized spacial score (nSPS) is 12.0. The fourth-order valence-corrected chi connectivity index (χ4v) is 2.41. The summed E-state index contributed by atoms with van der Waals surface area (Å²) in [5.74, 6) is 0.0479. The molecule has 0 fully saturated rings. The summed E-state index contributed by atoms with van der Waals surface area (Å²) in [7, 11) is 0. The molecule has 24 heavy (non-hydrogen) atoms. The molecule has 6 heteroatoms. The molecule has 0 radical (unpaired) electrons. The van der Waals surface area contributed by atoms with Gasteiger partial charge in [0.25, 0.3) is 0 Å². The van der Waals surface area contributed by atoms with Crippen molar-refractivity contribution in [1.82, 2.24) is 0 Å². The molecule has 0 atom stereocenters. The number of nitrogens with one attached hydrogen (secondary N) is 2. The molecule has 0 aromatic heterocycles. The number of benzene rings is 2. The van der Waals surface area contributed by atoms with Gasteiger partial charge in [0.15, 0.2) is 5.84 Å². The molecule has 2 aromatic rings. The molecule has 0 spiro atoms. The fraction of sp³-hybridized carbons (Fsp3) is 0.222. The van der Waals surface area contributed by atoms with Crippen molar-refractivity contribution in [2.24, 2.45) is 10.5 Å². The van der Waals surface area contributed by atoms with Gasteiger partial charge in [-0.05, 0) is 30.3 Å². The number of hydrogen-bond donors (Lipinski definition) is 2. The number of Topliss-reactive ketones (excluding diaryl/α,β-unsaturated/α-hetero) is 1. The van der Waals surface area contributed by atoms with Crippen LogP contribution in [-0.4, -0.2) is 11.6 Å². The van der Waals surface area contributed by atoms with E-state index in [9.17, 15) is 4.79 Å². The lowest BCUT2D eigenvalue weighted by Crippen LogP contribution is -2.34. The zero-order valence-corrected chi connectivity index (χ0v) is 15.2. The van der Waals surface area contributed by atoms with Gasteiger partial charge in [0.1, 0.15) is 0 Å². The van der Waals surface area contributed by atoms with Gasteiger partial charge in [-0.25, -0.2) is 0 Å². The van der Waals surface area contributed by atoms with Crippen molar-refractivity contribution >= 4 is 46.2 Å². The van der Waals surface area contributed by atoms with Crippen LogP contribution < -0.4 is 10.7 Å². The standard InChI is InChI=1S/C18H19Cl2N3O/c1-18(2,3)16(24)17(23-22-14-7-5-4-6-8-14)21-15-10-12(19)9-13(20)11-15/h4-11,22H,1-3H3,(H,21,23). The number of anilines is 2. The summed E-state index contributed by atoms with van der Waals surface area (Å²) in [6.07, 6.45) is 0. The van der Waals surface area contributed by atoms with Gasteiger partial charge in [-0.2, -0.15) is 5.10 Å². The second-order valence-corrected chi connectivity index (χ2v) is 7.17. The van der Waals surface area contributed by atoms with Crippen LogP contribution in [0.2, 0.25) is 10.0 Å². The van der Waals surface area contributed by atoms with E-state index in [1.807, 2.05) is 51.1 Å². The van der Waals surface area contributed by atoms with Crippen molar-refractivity contribution in [3.8, 4) is 0 Å². The Morgan fingerprint density at radius 2 is 1.54 bits per heavy atom. The zero-order valence-electron chi connectivity index (χ0n) is 13.7. The third-order valence-corrected chi connectivity index (χ3v) is 3.53. The van der Waals surface area contributed by atoms with Gasteiger partial charge in [-0.15, -0.1) is 0 Å². The number of amidine groups is 1. The Labute approximate surface area is 151 Å². The molecule has 0 amide bonds. The van der Waals surface area contributed by atoms with Crippen LogP contribution in [0, 0.1) is 5.41 Å². The van der Waals surface area contributed by atoms with Crippen LogP contribution in [0.4, 0.5) is 11.4 Å². The van der Waals surface area contributed by atoms with Crippen molar-refractivity contribution < 1.29 is 4.79 Å². The summed E-state index contributed by atoms with van der Waals surface area (Å²) in [4.78, 5) is 12.7. The Morgan fingerprint density at radius 3 is 2.08 bits per heavy atom. The van der Waals surface area contributed by atoms with E-state index in [4.69, 9.17) is 23.2 Å². The highest BCUT2D eigenvalue weighted by atomic mass is 35.5. The third kappa shape index (κ3) is 5.25.